The lowest BCUT2D eigenvalue weighted by Gasteiger charge is -2.07. The molecule has 2 aromatic rings. The number of anilines is 1. The lowest BCUT2D eigenvalue weighted by molar-refractivity contribution is 0.575. The van der Waals surface area contributed by atoms with Gasteiger partial charge < -0.3 is 5.32 Å². The molecule has 6 heteroatoms. The zero-order valence-corrected chi connectivity index (χ0v) is 14.2. The standard InChI is InChI=1S/C15H25N5.ClH/c1-5-7-19-11-15(13(4)18-19)16-10-14-9-12(3)17-20(14)8-6-2;/h9,11,16H,5-8,10H2,1-4H3;1H. The molecule has 2 aromatic heterocycles. The van der Waals surface area contributed by atoms with Crippen LogP contribution >= 0.6 is 12.4 Å². The molecule has 21 heavy (non-hydrogen) atoms. The number of hydrogen-bond donors (Lipinski definition) is 1. The van der Waals surface area contributed by atoms with Crippen LogP contribution in [0.4, 0.5) is 5.69 Å². The van der Waals surface area contributed by atoms with Crippen LogP contribution in [0.2, 0.25) is 0 Å². The quantitative estimate of drug-likeness (QED) is 0.850. The molecular weight excluding hydrogens is 286 g/mol. The van der Waals surface area contributed by atoms with Gasteiger partial charge in [-0.2, -0.15) is 10.2 Å². The summed E-state index contributed by atoms with van der Waals surface area (Å²) < 4.78 is 4.10. The monoisotopic (exact) mass is 311 g/mol. The molecular formula is C15H26ClN5. The largest absolute Gasteiger partial charge is 0.377 e. The van der Waals surface area contributed by atoms with E-state index in [1.54, 1.807) is 0 Å². The van der Waals surface area contributed by atoms with Crippen LogP contribution in [-0.4, -0.2) is 19.6 Å². The van der Waals surface area contributed by atoms with Crippen LogP contribution < -0.4 is 5.32 Å². The molecule has 0 unspecified atom stereocenters. The van der Waals surface area contributed by atoms with Gasteiger partial charge in [0.1, 0.15) is 0 Å². The minimum absolute atomic E-state index is 0. The minimum atomic E-state index is 0. The van der Waals surface area contributed by atoms with Crippen LogP contribution in [0.25, 0.3) is 0 Å². The van der Waals surface area contributed by atoms with Crippen molar-refractivity contribution in [3.63, 3.8) is 0 Å². The molecule has 0 fully saturated rings. The van der Waals surface area contributed by atoms with E-state index >= 15 is 0 Å². The number of hydrogen-bond acceptors (Lipinski definition) is 3. The molecule has 5 nitrogen and oxygen atoms in total. The van der Waals surface area contributed by atoms with Gasteiger partial charge in [-0.1, -0.05) is 13.8 Å². The normalized spacial score (nSPS) is 10.5. The van der Waals surface area contributed by atoms with Gasteiger partial charge in [-0.25, -0.2) is 0 Å². The maximum atomic E-state index is 4.53. The van der Waals surface area contributed by atoms with Crippen LogP contribution in [0.3, 0.4) is 0 Å². The Labute approximate surface area is 133 Å². The van der Waals surface area contributed by atoms with Crippen LogP contribution in [0.15, 0.2) is 12.3 Å². The van der Waals surface area contributed by atoms with E-state index in [0.29, 0.717) is 0 Å². The molecule has 0 spiro atoms. The molecule has 0 aliphatic carbocycles. The predicted molar refractivity (Wildman–Crippen MR) is 89.1 cm³/mol. The van der Waals surface area contributed by atoms with Gasteiger partial charge in [0.05, 0.1) is 29.3 Å². The third-order valence-electron chi connectivity index (χ3n) is 3.28. The molecule has 0 bridgehead atoms. The molecule has 0 aromatic carbocycles. The lowest BCUT2D eigenvalue weighted by atomic mass is 10.3. The SMILES string of the molecule is CCCn1cc(NCc2cc(C)nn2CCC)c(C)n1.Cl. The fraction of sp³-hybridized carbons (Fsp3) is 0.600. The highest BCUT2D eigenvalue weighted by Crippen LogP contribution is 2.15. The van der Waals surface area contributed by atoms with Gasteiger partial charge in [0.25, 0.3) is 0 Å². The van der Waals surface area contributed by atoms with Crippen molar-refractivity contribution in [1.29, 1.82) is 0 Å². The van der Waals surface area contributed by atoms with E-state index in [2.05, 4.69) is 46.3 Å². The first-order chi connectivity index (χ1) is 9.63. The molecule has 0 radical (unpaired) electrons. The third-order valence-corrected chi connectivity index (χ3v) is 3.28. The summed E-state index contributed by atoms with van der Waals surface area (Å²) in [5.41, 5.74) is 4.47. The summed E-state index contributed by atoms with van der Waals surface area (Å²) in [6.07, 6.45) is 4.29. The summed E-state index contributed by atoms with van der Waals surface area (Å²) in [6.45, 7) is 11.2. The van der Waals surface area contributed by atoms with Gasteiger partial charge in [-0.15, -0.1) is 12.4 Å². The van der Waals surface area contributed by atoms with E-state index in [-0.39, 0.29) is 12.4 Å². The van der Waals surface area contributed by atoms with Gasteiger partial charge in [0, 0.05) is 19.3 Å². The van der Waals surface area contributed by atoms with E-state index < -0.39 is 0 Å². The first-order valence-corrected chi connectivity index (χ1v) is 7.45. The number of aryl methyl sites for hydroxylation is 4. The second-order valence-electron chi connectivity index (χ2n) is 5.25. The highest BCUT2D eigenvalue weighted by molar-refractivity contribution is 5.85. The highest BCUT2D eigenvalue weighted by atomic mass is 35.5. The van der Waals surface area contributed by atoms with Gasteiger partial charge in [0.15, 0.2) is 0 Å². The Hall–Kier alpha value is -1.49. The van der Waals surface area contributed by atoms with Crippen molar-refractivity contribution in [1.82, 2.24) is 19.6 Å². The second-order valence-corrected chi connectivity index (χ2v) is 5.25. The van der Waals surface area contributed by atoms with Gasteiger partial charge in [0.2, 0.25) is 0 Å². The second kappa shape index (κ2) is 8.08. The molecule has 1 N–H and O–H groups in total. The van der Waals surface area contributed by atoms with Crippen LogP contribution in [0.1, 0.15) is 43.8 Å². The molecule has 0 atom stereocenters. The Balaban J connectivity index is 0.00000220. The smallest absolute Gasteiger partial charge is 0.0825 e. The fourth-order valence-electron chi connectivity index (χ4n) is 2.37. The summed E-state index contributed by atoms with van der Waals surface area (Å²) in [7, 11) is 0. The Morgan fingerprint density at radius 2 is 1.81 bits per heavy atom. The molecule has 0 saturated carbocycles. The van der Waals surface area contributed by atoms with Crippen LogP contribution in [-0.2, 0) is 19.6 Å². The Morgan fingerprint density at radius 1 is 1.10 bits per heavy atom. The molecule has 2 rings (SSSR count). The summed E-state index contributed by atoms with van der Waals surface area (Å²) in [5, 5.41) is 12.5. The topological polar surface area (TPSA) is 47.7 Å². The van der Waals surface area contributed by atoms with E-state index in [0.717, 1.165) is 49.6 Å². The molecule has 0 amide bonds. The van der Waals surface area contributed by atoms with E-state index in [1.165, 1.54) is 5.69 Å². The Bertz CT molecular complexity index is 558. The van der Waals surface area contributed by atoms with Crippen molar-refractivity contribution >= 4 is 18.1 Å². The minimum Gasteiger partial charge on any atom is -0.377 e. The Kier molecular flexibility index (Phi) is 6.75. The van der Waals surface area contributed by atoms with Crippen LogP contribution in [0, 0.1) is 13.8 Å². The molecule has 0 aliphatic rings. The Morgan fingerprint density at radius 3 is 2.48 bits per heavy atom. The summed E-state index contributed by atoms with van der Waals surface area (Å²) in [6, 6.07) is 2.15. The predicted octanol–water partition coefficient (Wildman–Crippen LogP) is 3.55. The van der Waals surface area contributed by atoms with Crippen molar-refractivity contribution in [2.45, 2.75) is 60.2 Å². The molecule has 0 saturated heterocycles. The first kappa shape index (κ1) is 17.6. The van der Waals surface area contributed by atoms with Crippen LogP contribution in [0.5, 0.6) is 0 Å². The van der Waals surface area contributed by atoms with Crippen molar-refractivity contribution in [2.75, 3.05) is 5.32 Å². The van der Waals surface area contributed by atoms with E-state index in [9.17, 15) is 0 Å². The molecule has 118 valence electrons. The van der Waals surface area contributed by atoms with E-state index in [4.69, 9.17) is 0 Å². The van der Waals surface area contributed by atoms with Crippen molar-refractivity contribution in [3.8, 4) is 0 Å². The van der Waals surface area contributed by atoms with Gasteiger partial charge >= 0.3 is 0 Å². The maximum absolute atomic E-state index is 4.53. The zero-order chi connectivity index (χ0) is 14.5. The summed E-state index contributed by atoms with van der Waals surface area (Å²) >= 11 is 0. The summed E-state index contributed by atoms with van der Waals surface area (Å²) in [4.78, 5) is 0. The highest BCUT2D eigenvalue weighted by Gasteiger charge is 2.07. The van der Waals surface area contributed by atoms with E-state index in [1.807, 2.05) is 18.5 Å². The van der Waals surface area contributed by atoms with Crippen molar-refractivity contribution in [3.05, 3.63) is 29.3 Å². The van der Waals surface area contributed by atoms with Gasteiger partial charge in [-0.05, 0) is 32.8 Å². The number of aromatic nitrogens is 4. The average Bonchev–Trinajstić information content (AvgIpc) is 2.91. The average molecular weight is 312 g/mol. The number of nitrogens with zero attached hydrogens (tertiary/aromatic N) is 4. The first-order valence-electron chi connectivity index (χ1n) is 7.45. The fourth-order valence-corrected chi connectivity index (χ4v) is 2.37. The van der Waals surface area contributed by atoms with Crippen molar-refractivity contribution in [2.24, 2.45) is 0 Å². The maximum Gasteiger partial charge on any atom is 0.0825 e. The number of nitrogens with one attached hydrogen (secondary N) is 1. The van der Waals surface area contributed by atoms with Crippen molar-refractivity contribution < 1.29 is 0 Å². The molecule has 0 aliphatic heterocycles. The number of halogens is 1. The summed E-state index contributed by atoms with van der Waals surface area (Å²) in [5.74, 6) is 0. The molecule has 2 heterocycles. The zero-order valence-electron chi connectivity index (χ0n) is 13.4. The van der Waals surface area contributed by atoms with Gasteiger partial charge in [-0.3, -0.25) is 9.36 Å². The number of rotatable bonds is 7. The third kappa shape index (κ3) is 4.49. The lowest BCUT2D eigenvalue weighted by Crippen LogP contribution is -2.09.